The minimum Gasteiger partial charge on any atom is -0.480 e. The summed E-state index contributed by atoms with van der Waals surface area (Å²) >= 11 is 0. The van der Waals surface area contributed by atoms with Gasteiger partial charge in [-0.1, -0.05) is 0 Å². The fourth-order valence-electron chi connectivity index (χ4n) is 2.01. The van der Waals surface area contributed by atoms with E-state index in [9.17, 15) is 9.59 Å². The van der Waals surface area contributed by atoms with E-state index in [1.807, 2.05) is 11.0 Å². The molecular formula is C11H12N4O3. The Morgan fingerprint density at radius 1 is 1.50 bits per heavy atom. The lowest BCUT2D eigenvalue weighted by Crippen LogP contribution is -2.30. The monoisotopic (exact) mass is 248 g/mol. The summed E-state index contributed by atoms with van der Waals surface area (Å²) in [6, 6.07) is 1.82. The fourth-order valence-corrected chi connectivity index (χ4v) is 2.01. The topological polar surface area (TPSA) is 99.2 Å². The van der Waals surface area contributed by atoms with Gasteiger partial charge in [-0.15, -0.1) is 0 Å². The van der Waals surface area contributed by atoms with Crippen molar-refractivity contribution < 1.29 is 9.90 Å². The smallest absolute Gasteiger partial charge is 0.323 e. The summed E-state index contributed by atoms with van der Waals surface area (Å²) < 4.78 is 0.931. The quantitative estimate of drug-likeness (QED) is 0.795. The SMILES string of the molecule is N#Cc1c(N2CCCC2)ncn(CC(=O)O)c1=O. The minimum atomic E-state index is -1.14. The van der Waals surface area contributed by atoms with Crippen LogP contribution in [0.4, 0.5) is 5.82 Å². The van der Waals surface area contributed by atoms with Crippen LogP contribution in [0.15, 0.2) is 11.1 Å². The van der Waals surface area contributed by atoms with Crippen LogP contribution in [0.3, 0.4) is 0 Å². The number of nitrogens with zero attached hydrogens (tertiary/aromatic N) is 4. The molecule has 0 bridgehead atoms. The second kappa shape index (κ2) is 4.87. The Balaban J connectivity index is 2.45. The van der Waals surface area contributed by atoms with Gasteiger partial charge in [-0.2, -0.15) is 5.26 Å². The van der Waals surface area contributed by atoms with Crippen LogP contribution in [-0.2, 0) is 11.3 Å². The van der Waals surface area contributed by atoms with E-state index in [-0.39, 0.29) is 5.56 Å². The van der Waals surface area contributed by atoms with Gasteiger partial charge < -0.3 is 10.0 Å². The van der Waals surface area contributed by atoms with Crippen molar-refractivity contribution in [3.63, 3.8) is 0 Å². The lowest BCUT2D eigenvalue weighted by Gasteiger charge is -2.17. The molecule has 1 N–H and O–H groups in total. The summed E-state index contributed by atoms with van der Waals surface area (Å²) in [5.74, 6) is -0.779. The van der Waals surface area contributed by atoms with E-state index in [0.29, 0.717) is 5.82 Å². The molecule has 18 heavy (non-hydrogen) atoms. The fraction of sp³-hybridized carbons (Fsp3) is 0.455. The Morgan fingerprint density at radius 2 is 2.17 bits per heavy atom. The van der Waals surface area contributed by atoms with Gasteiger partial charge in [0.25, 0.3) is 5.56 Å². The second-order valence-electron chi connectivity index (χ2n) is 4.08. The van der Waals surface area contributed by atoms with Gasteiger partial charge in [-0.3, -0.25) is 14.2 Å². The number of anilines is 1. The number of carboxylic acids is 1. The summed E-state index contributed by atoms with van der Waals surface area (Å²) in [4.78, 5) is 28.4. The Bertz CT molecular complexity index is 567. The predicted molar refractivity (Wildman–Crippen MR) is 62.3 cm³/mol. The van der Waals surface area contributed by atoms with E-state index in [1.165, 1.54) is 6.33 Å². The number of nitriles is 1. The van der Waals surface area contributed by atoms with Gasteiger partial charge in [-0.05, 0) is 12.8 Å². The van der Waals surface area contributed by atoms with Gasteiger partial charge in [0.15, 0.2) is 11.4 Å². The van der Waals surface area contributed by atoms with E-state index in [0.717, 1.165) is 30.5 Å². The summed E-state index contributed by atoms with van der Waals surface area (Å²) in [7, 11) is 0. The molecule has 0 atom stereocenters. The number of aromatic nitrogens is 2. The van der Waals surface area contributed by atoms with Crippen molar-refractivity contribution in [2.24, 2.45) is 0 Å². The molecule has 2 rings (SSSR count). The molecule has 1 fully saturated rings. The molecule has 1 aliphatic rings. The number of aliphatic carboxylic acids is 1. The third kappa shape index (κ3) is 2.18. The largest absolute Gasteiger partial charge is 0.480 e. The molecule has 0 saturated carbocycles. The molecule has 7 nitrogen and oxygen atoms in total. The van der Waals surface area contributed by atoms with Gasteiger partial charge in [-0.25, -0.2) is 4.98 Å². The first-order chi connectivity index (χ1) is 8.63. The lowest BCUT2D eigenvalue weighted by atomic mass is 10.3. The van der Waals surface area contributed by atoms with E-state index in [4.69, 9.17) is 10.4 Å². The molecule has 2 heterocycles. The van der Waals surface area contributed by atoms with E-state index >= 15 is 0 Å². The summed E-state index contributed by atoms with van der Waals surface area (Å²) in [5.41, 5.74) is -0.683. The van der Waals surface area contributed by atoms with Crippen LogP contribution in [-0.4, -0.2) is 33.7 Å². The van der Waals surface area contributed by atoms with Crippen molar-refractivity contribution >= 4 is 11.8 Å². The Hall–Kier alpha value is -2.36. The van der Waals surface area contributed by atoms with Crippen LogP contribution in [0.25, 0.3) is 0 Å². The normalized spacial score (nSPS) is 14.5. The zero-order chi connectivity index (χ0) is 13.1. The van der Waals surface area contributed by atoms with E-state index < -0.39 is 18.1 Å². The third-order valence-corrected chi connectivity index (χ3v) is 2.84. The highest BCUT2D eigenvalue weighted by Gasteiger charge is 2.20. The van der Waals surface area contributed by atoms with Crippen molar-refractivity contribution in [2.75, 3.05) is 18.0 Å². The van der Waals surface area contributed by atoms with Crippen LogP contribution in [0, 0.1) is 11.3 Å². The standard InChI is InChI=1S/C11H12N4O3/c12-5-8-10(14-3-1-2-4-14)13-7-15(11(8)18)6-9(16)17/h7H,1-4,6H2,(H,16,17). The van der Waals surface area contributed by atoms with Gasteiger partial charge >= 0.3 is 5.97 Å². The van der Waals surface area contributed by atoms with E-state index in [1.54, 1.807) is 0 Å². The van der Waals surface area contributed by atoms with Gasteiger partial charge in [0.2, 0.25) is 0 Å². The number of carboxylic acid groups (broad SMARTS) is 1. The van der Waals surface area contributed by atoms with Crippen LogP contribution >= 0.6 is 0 Å². The molecule has 1 saturated heterocycles. The predicted octanol–water partition coefficient (Wildman–Crippen LogP) is -0.200. The molecule has 1 aromatic rings. The average molecular weight is 248 g/mol. The van der Waals surface area contributed by atoms with E-state index in [2.05, 4.69) is 4.98 Å². The molecule has 0 spiro atoms. The Morgan fingerprint density at radius 3 is 2.72 bits per heavy atom. The van der Waals surface area contributed by atoms with Gasteiger partial charge in [0, 0.05) is 13.1 Å². The first kappa shape index (κ1) is 12.1. The first-order valence-corrected chi connectivity index (χ1v) is 5.59. The van der Waals surface area contributed by atoms with Crippen molar-refractivity contribution in [1.82, 2.24) is 9.55 Å². The number of hydrogen-bond donors (Lipinski definition) is 1. The molecule has 0 unspecified atom stereocenters. The van der Waals surface area contributed by atoms with Gasteiger partial charge in [0.05, 0.1) is 0 Å². The van der Waals surface area contributed by atoms with Crippen molar-refractivity contribution in [3.05, 3.63) is 22.2 Å². The van der Waals surface area contributed by atoms with Crippen LogP contribution in [0.5, 0.6) is 0 Å². The lowest BCUT2D eigenvalue weighted by molar-refractivity contribution is -0.137. The summed E-state index contributed by atoms with van der Waals surface area (Å²) in [6.07, 6.45) is 3.19. The van der Waals surface area contributed by atoms with Crippen LogP contribution in [0.2, 0.25) is 0 Å². The highest BCUT2D eigenvalue weighted by Crippen LogP contribution is 2.18. The maximum atomic E-state index is 11.9. The van der Waals surface area contributed by atoms with Crippen LogP contribution in [0.1, 0.15) is 18.4 Å². The van der Waals surface area contributed by atoms with Crippen LogP contribution < -0.4 is 10.5 Å². The zero-order valence-corrected chi connectivity index (χ0v) is 9.67. The molecule has 0 amide bonds. The second-order valence-corrected chi connectivity index (χ2v) is 4.08. The zero-order valence-electron chi connectivity index (χ0n) is 9.67. The molecule has 0 radical (unpaired) electrons. The third-order valence-electron chi connectivity index (χ3n) is 2.84. The molecule has 0 aliphatic carbocycles. The Labute approximate surface area is 103 Å². The summed E-state index contributed by atoms with van der Waals surface area (Å²) in [6.45, 7) is 1.05. The highest BCUT2D eigenvalue weighted by atomic mass is 16.4. The minimum absolute atomic E-state index is 0.0827. The molecule has 1 aromatic heterocycles. The summed E-state index contributed by atoms with van der Waals surface area (Å²) in [5, 5.41) is 17.7. The Kier molecular flexibility index (Phi) is 3.28. The molecule has 7 heteroatoms. The molecule has 0 aromatic carbocycles. The molecule has 94 valence electrons. The van der Waals surface area contributed by atoms with Crippen molar-refractivity contribution in [3.8, 4) is 6.07 Å². The van der Waals surface area contributed by atoms with Crippen molar-refractivity contribution in [1.29, 1.82) is 5.26 Å². The number of hydrogen-bond acceptors (Lipinski definition) is 5. The number of carbonyl (C=O) groups is 1. The van der Waals surface area contributed by atoms with Gasteiger partial charge in [0.1, 0.15) is 18.9 Å². The maximum absolute atomic E-state index is 11.9. The highest BCUT2D eigenvalue weighted by molar-refractivity contribution is 5.66. The molecular weight excluding hydrogens is 236 g/mol. The first-order valence-electron chi connectivity index (χ1n) is 5.59. The number of rotatable bonds is 3. The van der Waals surface area contributed by atoms with Crippen molar-refractivity contribution in [2.45, 2.75) is 19.4 Å². The average Bonchev–Trinajstić information content (AvgIpc) is 2.84. The maximum Gasteiger partial charge on any atom is 0.323 e. The molecule has 1 aliphatic heterocycles.